The van der Waals surface area contributed by atoms with Gasteiger partial charge in [0, 0.05) is 11.1 Å². The summed E-state index contributed by atoms with van der Waals surface area (Å²) in [5.41, 5.74) is 9.34. The molecule has 0 amide bonds. The molecule has 4 heterocycles. The van der Waals surface area contributed by atoms with Crippen molar-refractivity contribution in [3.05, 3.63) is 63.0 Å². The van der Waals surface area contributed by atoms with Gasteiger partial charge < -0.3 is 16.0 Å². The molecule has 4 aromatic heterocycles. The molecule has 4 N–H and O–H groups in total. The molecular formula is C21H19FN8OS. The van der Waals surface area contributed by atoms with Crippen molar-refractivity contribution in [2.45, 2.75) is 26.8 Å². The maximum atomic E-state index is 14.3. The van der Waals surface area contributed by atoms with Gasteiger partial charge in [0.05, 0.1) is 23.6 Å². The second kappa shape index (κ2) is 7.38. The number of hydrogen-bond acceptors (Lipinski definition) is 8. The summed E-state index contributed by atoms with van der Waals surface area (Å²) < 4.78 is 15.8. The number of nitrogen functional groups attached to an aromatic ring is 1. The van der Waals surface area contributed by atoms with Gasteiger partial charge in [-0.3, -0.25) is 9.20 Å². The van der Waals surface area contributed by atoms with E-state index in [1.807, 2.05) is 19.2 Å². The summed E-state index contributed by atoms with van der Waals surface area (Å²) in [5, 5.41) is 5.13. The summed E-state index contributed by atoms with van der Waals surface area (Å²) in [6, 6.07) is 4.09. The molecule has 11 heteroatoms. The summed E-state index contributed by atoms with van der Waals surface area (Å²) in [7, 11) is 0. The van der Waals surface area contributed by atoms with E-state index in [9.17, 15) is 9.18 Å². The molecule has 32 heavy (non-hydrogen) atoms. The third-order valence-corrected chi connectivity index (χ3v) is 6.11. The van der Waals surface area contributed by atoms with Gasteiger partial charge in [-0.15, -0.1) is 11.3 Å². The highest BCUT2D eigenvalue weighted by atomic mass is 32.1. The molecular weight excluding hydrogens is 431 g/mol. The van der Waals surface area contributed by atoms with Crippen LogP contribution in [0.25, 0.3) is 27.3 Å². The Morgan fingerprint density at radius 3 is 2.81 bits per heavy atom. The lowest BCUT2D eigenvalue weighted by molar-refractivity contribution is 0.627. The topological polar surface area (TPSA) is 127 Å². The molecule has 0 radical (unpaired) electrons. The SMILES string of the molecule is Cc1cc(F)cc(-c2c(C(C)Nc3nc(N)nc4nc[nH]c34)nc3scc(C)n3c2=O)c1. The standard InChI is InChI=1S/C21H19FN8OS/c1-9-4-12(6-13(22)5-9)14-15(27-21-30(19(14)31)10(2)7-32-21)11(3)26-18-16-17(25-8-24-16)28-20(23)29-18/h4-8,11H,1-3H3,(H4,23,24,25,26,28,29). The summed E-state index contributed by atoms with van der Waals surface area (Å²) in [5.74, 6) is 0.0849. The monoisotopic (exact) mass is 450 g/mol. The zero-order valence-corrected chi connectivity index (χ0v) is 18.3. The van der Waals surface area contributed by atoms with Crippen molar-refractivity contribution in [3.8, 4) is 11.1 Å². The van der Waals surface area contributed by atoms with Gasteiger partial charge in [-0.2, -0.15) is 9.97 Å². The first-order valence-corrected chi connectivity index (χ1v) is 10.7. The van der Waals surface area contributed by atoms with E-state index >= 15 is 0 Å². The fraction of sp³-hybridized carbons (Fsp3) is 0.190. The summed E-state index contributed by atoms with van der Waals surface area (Å²) >= 11 is 1.37. The van der Waals surface area contributed by atoms with Crippen LogP contribution in [0.5, 0.6) is 0 Å². The number of nitrogens with one attached hydrogen (secondary N) is 2. The predicted molar refractivity (Wildman–Crippen MR) is 122 cm³/mol. The lowest BCUT2D eigenvalue weighted by Crippen LogP contribution is -2.23. The molecule has 0 saturated heterocycles. The Hall–Kier alpha value is -3.86. The number of fused-ring (bicyclic) bond motifs is 2. The molecule has 0 bridgehead atoms. The smallest absolute Gasteiger partial charge is 0.266 e. The molecule has 162 valence electrons. The summed E-state index contributed by atoms with van der Waals surface area (Å²) in [4.78, 5) is 34.4. The second-order valence-corrected chi connectivity index (χ2v) is 8.42. The highest BCUT2D eigenvalue weighted by Crippen LogP contribution is 2.30. The molecule has 5 aromatic rings. The molecule has 5 rings (SSSR count). The van der Waals surface area contributed by atoms with E-state index in [4.69, 9.17) is 10.7 Å². The minimum Gasteiger partial charge on any atom is -0.368 e. The maximum Gasteiger partial charge on any atom is 0.266 e. The number of nitrogens with zero attached hydrogens (tertiary/aromatic N) is 5. The van der Waals surface area contributed by atoms with E-state index in [0.717, 1.165) is 5.69 Å². The molecule has 1 unspecified atom stereocenters. The number of imidazole rings is 1. The Morgan fingerprint density at radius 2 is 2.03 bits per heavy atom. The molecule has 0 aliphatic heterocycles. The Morgan fingerprint density at radius 1 is 1.22 bits per heavy atom. The lowest BCUT2D eigenvalue weighted by atomic mass is 9.99. The van der Waals surface area contributed by atoms with E-state index in [2.05, 4.69) is 25.3 Å². The van der Waals surface area contributed by atoms with Crippen molar-refractivity contribution >= 4 is 39.2 Å². The minimum absolute atomic E-state index is 0.0673. The predicted octanol–water partition coefficient (Wildman–Crippen LogP) is 3.60. The Labute approximate surface area is 185 Å². The number of aromatic nitrogens is 6. The molecule has 1 atom stereocenters. The molecule has 0 fully saturated rings. The summed E-state index contributed by atoms with van der Waals surface area (Å²) in [6.07, 6.45) is 1.50. The van der Waals surface area contributed by atoms with Crippen molar-refractivity contribution in [1.29, 1.82) is 0 Å². The molecule has 1 aromatic carbocycles. The van der Waals surface area contributed by atoms with Gasteiger partial charge in [0.2, 0.25) is 5.95 Å². The number of nitrogens with two attached hydrogens (primary N) is 1. The van der Waals surface area contributed by atoms with Crippen LogP contribution >= 0.6 is 11.3 Å². The lowest BCUT2D eigenvalue weighted by Gasteiger charge is -2.18. The Balaban J connectivity index is 1.72. The van der Waals surface area contributed by atoms with Crippen LogP contribution < -0.4 is 16.6 Å². The zero-order valence-electron chi connectivity index (χ0n) is 17.5. The van der Waals surface area contributed by atoms with Gasteiger partial charge in [-0.1, -0.05) is 6.07 Å². The van der Waals surface area contributed by atoms with Gasteiger partial charge in [-0.25, -0.2) is 14.4 Å². The highest BCUT2D eigenvalue weighted by molar-refractivity contribution is 7.15. The number of benzene rings is 1. The van der Waals surface area contributed by atoms with Crippen LogP contribution in [0.2, 0.25) is 0 Å². The van der Waals surface area contributed by atoms with E-state index in [-0.39, 0.29) is 11.5 Å². The quantitative estimate of drug-likeness (QED) is 0.382. The Bertz CT molecular complexity index is 1530. The minimum atomic E-state index is -0.463. The van der Waals surface area contributed by atoms with Gasteiger partial charge in [0.15, 0.2) is 16.4 Å². The van der Waals surface area contributed by atoms with Crippen molar-refractivity contribution < 1.29 is 4.39 Å². The average molecular weight is 451 g/mol. The van der Waals surface area contributed by atoms with Crippen molar-refractivity contribution in [2.24, 2.45) is 0 Å². The number of anilines is 2. The van der Waals surface area contributed by atoms with E-state index < -0.39 is 11.9 Å². The first-order valence-electron chi connectivity index (χ1n) is 9.83. The fourth-order valence-corrected chi connectivity index (χ4v) is 4.66. The number of hydrogen-bond donors (Lipinski definition) is 3. The van der Waals surface area contributed by atoms with Crippen molar-refractivity contribution in [3.63, 3.8) is 0 Å². The van der Waals surface area contributed by atoms with Crippen LogP contribution in [0, 0.1) is 19.7 Å². The summed E-state index contributed by atoms with van der Waals surface area (Å²) in [6.45, 7) is 5.48. The van der Waals surface area contributed by atoms with Crippen LogP contribution in [0.15, 0.2) is 34.7 Å². The number of H-pyrrole nitrogens is 1. The van der Waals surface area contributed by atoms with Gasteiger partial charge in [0.1, 0.15) is 11.3 Å². The highest BCUT2D eigenvalue weighted by Gasteiger charge is 2.23. The number of aryl methyl sites for hydroxylation is 2. The van der Waals surface area contributed by atoms with Crippen molar-refractivity contribution in [2.75, 3.05) is 11.1 Å². The van der Waals surface area contributed by atoms with Gasteiger partial charge in [-0.05, 0) is 44.0 Å². The largest absolute Gasteiger partial charge is 0.368 e. The maximum absolute atomic E-state index is 14.3. The number of aromatic amines is 1. The molecule has 9 nitrogen and oxygen atoms in total. The molecule has 0 spiro atoms. The third-order valence-electron chi connectivity index (χ3n) is 5.17. The van der Waals surface area contributed by atoms with Gasteiger partial charge in [0.25, 0.3) is 5.56 Å². The third kappa shape index (κ3) is 3.26. The Kier molecular flexibility index (Phi) is 4.63. The number of thiazole rings is 1. The average Bonchev–Trinajstić information content (AvgIpc) is 3.33. The fourth-order valence-electron chi connectivity index (χ4n) is 3.79. The van der Waals surface area contributed by atoms with Crippen LogP contribution in [0.3, 0.4) is 0 Å². The first-order chi connectivity index (χ1) is 15.3. The normalized spacial score (nSPS) is 12.5. The van der Waals surface area contributed by atoms with Crippen molar-refractivity contribution in [1.82, 2.24) is 29.3 Å². The molecule has 0 saturated carbocycles. The van der Waals surface area contributed by atoms with Crippen LogP contribution in [-0.4, -0.2) is 29.3 Å². The molecule has 0 aliphatic rings. The number of halogens is 1. The molecule has 0 aliphatic carbocycles. The van der Waals surface area contributed by atoms with Crippen LogP contribution in [0.4, 0.5) is 16.2 Å². The first kappa shape index (κ1) is 20.1. The van der Waals surface area contributed by atoms with Crippen LogP contribution in [-0.2, 0) is 0 Å². The van der Waals surface area contributed by atoms with Gasteiger partial charge >= 0.3 is 0 Å². The zero-order chi connectivity index (χ0) is 22.6. The van der Waals surface area contributed by atoms with E-state index in [1.165, 1.54) is 29.8 Å². The van der Waals surface area contributed by atoms with Crippen LogP contribution in [0.1, 0.15) is 29.9 Å². The number of rotatable bonds is 4. The van der Waals surface area contributed by atoms with E-state index in [0.29, 0.717) is 44.3 Å². The van der Waals surface area contributed by atoms with E-state index in [1.54, 1.807) is 17.4 Å². The second-order valence-electron chi connectivity index (χ2n) is 7.59.